The third kappa shape index (κ3) is 2.07. The van der Waals surface area contributed by atoms with Crippen LogP contribution in [0, 0.1) is 0 Å². The first kappa shape index (κ1) is 9.93. The standard InChI is InChI=1S/C9H10ClNO2S/c1-14(12,13)9-5-7(6-2-3-6)4-8(10)11-9/h4-6H,2-3H2,1H3. The van der Waals surface area contributed by atoms with Gasteiger partial charge in [-0.25, -0.2) is 13.4 Å². The molecule has 0 unspecified atom stereocenters. The van der Waals surface area contributed by atoms with E-state index in [4.69, 9.17) is 11.6 Å². The molecule has 1 saturated carbocycles. The predicted octanol–water partition coefficient (Wildman–Crippen LogP) is 2.02. The first-order chi connectivity index (χ1) is 6.47. The fourth-order valence-electron chi connectivity index (χ4n) is 1.33. The zero-order chi connectivity index (χ0) is 10.3. The maximum Gasteiger partial charge on any atom is 0.192 e. The molecule has 76 valence electrons. The van der Waals surface area contributed by atoms with Gasteiger partial charge < -0.3 is 0 Å². The quantitative estimate of drug-likeness (QED) is 0.732. The van der Waals surface area contributed by atoms with E-state index >= 15 is 0 Å². The summed E-state index contributed by atoms with van der Waals surface area (Å²) in [5, 5.41) is 0.335. The molecule has 0 atom stereocenters. The zero-order valence-corrected chi connectivity index (χ0v) is 9.27. The van der Waals surface area contributed by atoms with Crippen molar-refractivity contribution in [1.29, 1.82) is 0 Å². The summed E-state index contributed by atoms with van der Waals surface area (Å²) in [6.45, 7) is 0. The van der Waals surface area contributed by atoms with Crippen molar-refractivity contribution < 1.29 is 8.42 Å². The van der Waals surface area contributed by atoms with E-state index in [-0.39, 0.29) is 10.2 Å². The van der Waals surface area contributed by atoms with Crippen LogP contribution in [0.2, 0.25) is 5.15 Å². The molecule has 1 aromatic heterocycles. The fourth-order valence-corrected chi connectivity index (χ4v) is 2.22. The van der Waals surface area contributed by atoms with E-state index in [1.165, 1.54) is 0 Å². The molecule has 1 fully saturated rings. The molecule has 0 radical (unpaired) electrons. The van der Waals surface area contributed by atoms with Crippen LogP contribution in [-0.2, 0) is 9.84 Å². The van der Waals surface area contributed by atoms with Gasteiger partial charge in [-0.2, -0.15) is 0 Å². The molecule has 1 aliphatic rings. The van der Waals surface area contributed by atoms with Gasteiger partial charge in [0.1, 0.15) is 5.15 Å². The topological polar surface area (TPSA) is 47.0 Å². The number of hydrogen-bond donors (Lipinski definition) is 0. The lowest BCUT2D eigenvalue weighted by atomic mass is 10.2. The summed E-state index contributed by atoms with van der Waals surface area (Å²) in [6, 6.07) is 3.37. The first-order valence-electron chi connectivity index (χ1n) is 4.34. The Morgan fingerprint density at radius 3 is 2.57 bits per heavy atom. The minimum absolute atomic E-state index is 0.0758. The molecule has 5 heteroatoms. The maximum atomic E-state index is 11.3. The van der Waals surface area contributed by atoms with Crippen molar-refractivity contribution in [2.45, 2.75) is 23.8 Å². The van der Waals surface area contributed by atoms with Crippen molar-refractivity contribution in [3.05, 3.63) is 22.8 Å². The van der Waals surface area contributed by atoms with Crippen molar-refractivity contribution in [1.82, 2.24) is 4.98 Å². The van der Waals surface area contributed by atoms with Gasteiger partial charge in [0.15, 0.2) is 14.9 Å². The molecule has 0 bridgehead atoms. The van der Waals surface area contributed by atoms with Gasteiger partial charge in [-0.1, -0.05) is 11.6 Å². The van der Waals surface area contributed by atoms with E-state index in [0.29, 0.717) is 5.92 Å². The van der Waals surface area contributed by atoms with E-state index in [0.717, 1.165) is 24.7 Å². The van der Waals surface area contributed by atoms with Crippen molar-refractivity contribution in [3.63, 3.8) is 0 Å². The molecule has 1 aromatic rings. The predicted molar refractivity (Wildman–Crippen MR) is 54.3 cm³/mol. The summed E-state index contributed by atoms with van der Waals surface area (Å²) in [6.07, 6.45) is 3.37. The number of halogens is 1. The Labute approximate surface area is 88.0 Å². The van der Waals surface area contributed by atoms with Crippen molar-refractivity contribution >= 4 is 21.4 Å². The van der Waals surface area contributed by atoms with Gasteiger partial charge in [0.2, 0.25) is 0 Å². The van der Waals surface area contributed by atoms with E-state index < -0.39 is 9.84 Å². The average molecular weight is 232 g/mol. The minimum Gasteiger partial charge on any atom is -0.225 e. The SMILES string of the molecule is CS(=O)(=O)c1cc(C2CC2)cc(Cl)n1. The molecule has 2 rings (SSSR count). The van der Waals surface area contributed by atoms with Gasteiger partial charge >= 0.3 is 0 Å². The smallest absolute Gasteiger partial charge is 0.192 e. The highest BCUT2D eigenvalue weighted by Gasteiger charge is 2.25. The number of hydrogen-bond acceptors (Lipinski definition) is 3. The summed E-state index contributed by atoms with van der Waals surface area (Å²) >= 11 is 5.75. The third-order valence-corrected chi connectivity index (χ3v) is 3.38. The first-order valence-corrected chi connectivity index (χ1v) is 6.61. The highest BCUT2D eigenvalue weighted by molar-refractivity contribution is 7.90. The van der Waals surface area contributed by atoms with Crippen molar-refractivity contribution in [2.75, 3.05) is 6.26 Å². The van der Waals surface area contributed by atoms with Crippen LogP contribution in [0.3, 0.4) is 0 Å². The van der Waals surface area contributed by atoms with Gasteiger partial charge in [0.25, 0.3) is 0 Å². The Hall–Kier alpha value is -0.610. The number of aromatic nitrogens is 1. The van der Waals surface area contributed by atoms with Crippen LogP contribution in [0.1, 0.15) is 24.3 Å². The van der Waals surface area contributed by atoms with Gasteiger partial charge in [0, 0.05) is 6.26 Å². The van der Waals surface area contributed by atoms with Crippen LogP contribution in [0.15, 0.2) is 17.2 Å². The summed E-state index contributed by atoms with van der Waals surface area (Å²) in [5.74, 6) is 0.482. The summed E-state index contributed by atoms with van der Waals surface area (Å²) < 4.78 is 22.5. The van der Waals surface area contributed by atoms with E-state index in [1.54, 1.807) is 12.1 Å². The summed E-state index contributed by atoms with van der Waals surface area (Å²) in [7, 11) is -3.25. The van der Waals surface area contributed by atoms with E-state index in [1.807, 2.05) is 0 Å². The highest BCUT2D eigenvalue weighted by atomic mass is 35.5. The van der Waals surface area contributed by atoms with Gasteiger partial charge in [-0.05, 0) is 36.5 Å². The normalized spacial score (nSPS) is 17.0. The van der Waals surface area contributed by atoms with Gasteiger partial charge in [-0.3, -0.25) is 0 Å². The molecule has 3 nitrogen and oxygen atoms in total. The zero-order valence-electron chi connectivity index (χ0n) is 7.70. The second kappa shape index (κ2) is 3.21. The Morgan fingerprint density at radius 2 is 2.07 bits per heavy atom. The molecule has 1 aliphatic carbocycles. The lowest BCUT2D eigenvalue weighted by Crippen LogP contribution is -2.01. The average Bonchev–Trinajstić information content (AvgIpc) is 2.83. The molecule has 0 spiro atoms. The highest BCUT2D eigenvalue weighted by Crippen LogP contribution is 2.41. The number of sulfone groups is 1. The van der Waals surface area contributed by atoms with Gasteiger partial charge in [0.05, 0.1) is 0 Å². The van der Waals surface area contributed by atoms with E-state index in [9.17, 15) is 8.42 Å². The second-order valence-corrected chi connectivity index (χ2v) is 5.96. The molecule has 0 amide bonds. The molecule has 14 heavy (non-hydrogen) atoms. The van der Waals surface area contributed by atoms with Crippen LogP contribution in [0.5, 0.6) is 0 Å². The maximum absolute atomic E-state index is 11.3. The van der Waals surface area contributed by atoms with Crippen LogP contribution >= 0.6 is 11.6 Å². The second-order valence-electron chi connectivity index (χ2n) is 3.61. The monoisotopic (exact) mass is 231 g/mol. The molecule has 0 aliphatic heterocycles. The Kier molecular flexibility index (Phi) is 2.27. The van der Waals surface area contributed by atoms with E-state index in [2.05, 4.69) is 4.98 Å². The van der Waals surface area contributed by atoms with Crippen LogP contribution in [0.4, 0.5) is 0 Å². The number of rotatable bonds is 2. The largest absolute Gasteiger partial charge is 0.225 e. The summed E-state index contributed by atoms with van der Waals surface area (Å²) in [4.78, 5) is 3.79. The molecule has 0 N–H and O–H groups in total. The summed E-state index contributed by atoms with van der Waals surface area (Å²) in [5.41, 5.74) is 0.991. The Bertz CT molecular complexity index is 466. The van der Waals surface area contributed by atoms with Crippen molar-refractivity contribution in [2.24, 2.45) is 0 Å². The molecule has 0 saturated heterocycles. The lowest BCUT2D eigenvalue weighted by molar-refractivity contribution is 0.598. The van der Waals surface area contributed by atoms with Gasteiger partial charge in [-0.15, -0.1) is 0 Å². The molecular formula is C9H10ClNO2S. The Morgan fingerprint density at radius 1 is 1.43 bits per heavy atom. The fraction of sp³-hybridized carbons (Fsp3) is 0.444. The molecular weight excluding hydrogens is 222 g/mol. The molecule has 0 aromatic carbocycles. The lowest BCUT2D eigenvalue weighted by Gasteiger charge is -2.02. The number of pyridine rings is 1. The van der Waals surface area contributed by atoms with Crippen molar-refractivity contribution in [3.8, 4) is 0 Å². The third-order valence-electron chi connectivity index (χ3n) is 2.22. The van der Waals surface area contributed by atoms with Crippen LogP contribution < -0.4 is 0 Å². The van der Waals surface area contributed by atoms with Crippen LogP contribution in [-0.4, -0.2) is 19.7 Å². The Balaban J connectivity index is 2.51. The van der Waals surface area contributed by atoms with Crippen LogP contribution in [0.25, 0.3) is 0 Å². The minimum atomic E-state index is -3.25. The molecule has 1 heterocycles. The number of nitrogens with zero attached hydrogens (tertiary/aromatic N) is 1.